The summed E-state index contributed by atoms with van der Waals surface area (Å²) in [4.78, 5) is 0. The second-order valence-electron chi connectivity index (χ2n) is 3.40. The Morgan fingerprint density at radius 2 is 1.50 bits per heavy atom. The summed E-state index contributed by atoms with van der Waals surface area (Å²) in [6.07, 6.45) is 2.42. The molecule has 0 amide bonds. The van der Waals surface area contributed by atoms with Crippen molar-refractivity contribution in [2.45, 2.75) is 25.6 Å². The highest BCUT2D eigenvalue weighted by Crippen LogP contribution is 2.54. The maximum atomic E-state index is 8.75. The molecule has 5 N–H and O–H groups in total. The molecule has 3 heteroatoms. The molecule has 0 bridgehead atoms. The van der Waals surface area contributed by atoms with E-state index < -0.39 is 6.29 Å². The quantitative estimate of drug-likeness (QED) is 0.470. The average molecular weight is 145 g/mol. The smallest absolute Gasteiger partial charge is 0.154 e. The Hall–Kier alpha value is -0.120. The second kappa shape index (κ2) is 2.49. The average Bonchev–Trinajstić information content (AvgIpc) is 2.40. The third kappa shape index (κ3) is 1.17. The summed E-state index contributed by atoms with van der Waals surface area (Å²) in [7, 11) is 0. The van der Waals surface area contributed by atoms with Gasteiger partial charge in [-0.2, -0.15) is 0 Å². The van der Waals surface area contributed by atoms with E-state index in [9.17, 15) is 0 Å². The highest BCUT2D eigenvalue weighted by atomic mass is 16.5. The van der Waals surface area contributed by atoms with Gasteiger partial charge in [0.2, 0.25) is 0 Å². The van der Waals surface area contributed by atoms with Crippen molar-refractivity contribution in [2.75, 3.05) is 0 Å². The van der Waals surface area contributed by atoms with Crippen LogP contribution in [-0.2, 0) is 0 Å². The van der Waals surface area contributed by atoms with E-state index in [-0.39, 0.29) is 12.1 Å². The van der Waals surface area contributed by atoms with Gasteiger partial charge in [0.1, 0.15) is 0 Å². The molecule has 2 rings (SSSR count). The van der Waals surface area contributed by atoms with E-state index in [0.29, 0.717) is 0 Å². The zero-order valence-corrected chi connectivity index (χ0v) is 6.03. The summed E-state index contributed by atoms with van der Waals surface area (Å²) in [6.45, 7) is 0. The van der Waals surface area contributed by atoms with Gasteiger partial charge >= 0.3 is 0 Å². The second-order valence-corrected chi connectivity index (χ2v) is 3.40. The third-order valence-electron chi connectivity index (χ3n) is 2.70. The molecular formula is C7H15NO2. The van der Waals surface area contributed by atoms with E-state index in [4.69, 9.17) is 10.2 Å². The topological polar surface area (TPSA) is 75.5 Å². The Bertz CT molecular complexity index is 117. The first-order chi connectivity index (χ1) is 4.27. The molecule has 2 saturated carbocycles. The molecule has 2 atom stereocenters. The van der Waals surface area contributed by atoms with Crippen LogP contribution in [-0.4, -0.2) is 16.5 Å². The van der Waals surface area contributed by atoms with Crippen molar-refractivity contribution in [3.8, 4) is 0 Å². The van der Waals surface area contributed by atoms with Gasteiger partial charge in [0.05, 0.1) is 0 Å². The number of aliphatic hydroxyl groups is 2. The van der Waals surface area contributed by atoms with Crippen LogP contribution in [0.3, 0.4) is 0 Å². The summed E-state index contributed by atoms with van der Waals surface area (Å²) >= 11 is 0. The molecule has 0 aromatic carbocycles. The molecule has 60 valence electrons. The third-order valence-corrected chi connectivity index (χ3v) is 2.70. The fourth-order valence-electron chi connectivity index (χ4n) is 2.01. The fraction of sp³-hybridized carbons (Fsp3) is 1.00. The van der Waals surface area contributed by atoms with Crippen molar-refractivity contribution in [2.24, 2.45) is 17.8 Å². The van der Waals surface area contributed by atoms with E-state index >= 15 is 0 Å². The highest BCUT2D eigenvalue weighted by Gasteiger charge is 2.47. The largest absolute Gasteiger partial charge is 0.368 e. The molecule has 2 unspecified atom stereocenters. The monoisotopic (exact) mass is 145 g/mol. The summed E-state index contributed by atoms with van der Waals surface area (Å²) in [5, 5.41) is 17.5. The normalized spacial score (nSPS) is 42.9. The lowest BCUT2D eigenvalue weighted by Gasteiger charge is -2.12. The number of rotatable bonds is 1. The van der Waals surface area contributed by atoms with Crippen LogP contribution in [0.4, 0.5) is 0 Å². The highest BCUT2D eigenvalue weighted by molar-refractivity contribution is 4.96. The van der Waals surface area contributed by atoms with E-state index in [1.807, 2.05) is 0 Å². The van der Waals surface area contributed by atoms with Crippen molar-refractivity contribution >= 4 is 0 Å². The SMILES string of the molecule is N.OC(O)C1CC2CC2C1. The lowest BCUT2D eigenvalue weighted by Crippen LogP contribution is -2.17. The minimum Gasteiger partial charge on any atom is -0.368 e. The van der Waals surface area contributed by atoms with E-state index in [1.54, 1.807) is 0 Å². The van der Waals surface area contributed by atoms with Crippen LogP contribution in [0.15, 0.2) is 0 Å². The summed E-state index contributed by atoms with van der Waals surface area (Å²) < 4.78 is 0. The van der Waals surface area contributed by atoms with Crippen molar-refractivity contribution in [3.63, 3.8) is 0 Å². The van der Waals surface area contributed by atoms with Crippen LogP contribution < -0.4 is 6.15 Å². The number of fused-ring (bicyclic) bond motifs is 1. The van der Waals surface area contributed by atoms with Gasteiger partial charge in [0.25, 0.3) is 0 Å². The predicted molar refractivity (Wildman–Crippen MR) is 37.6 cm³/mol. The molecule has 0 aromatic rings. The molecule has 3 nitrogen and oxygen atoms in total. The Kier molecular flexibility index (Phi) is 1.99. The van der Waals surface area contributed by atoms with E-state index in [2.05, 4.69) is 0 Å². The van der Waals surface area contributed by atoms with Crippen LogP contribution in [0.25, 0.3) is 0 Å². The Morgan fingerprint density at radius 1 is 1.00 bits per heavy atom. The molecule has 0 heterocycles. The van der Waals surface area contributed by atoms with Crippen LogP contribution in [0.2, 0.25) is 0 Å². The van der Waals surface area contributed by atoms with Crippen LogP contribution in [0.5, 0.6) is 0 Å². The van der Waals surface area contributed by atoms with E-state index in [0.717, 1.165) is 24.7 Å². The standard InChI is InChI=1S/C7H12O2.H3N/c8-7(9)6-2-4-1-5(4)3-6;/h4-9H,1-3H2;1H3. The van der Waals surface area contributed by atoms with Gasteiger partial charge in [-0.05, 0) is 31.1 Å². The molecule has 0 saturated heterocycles. The first-order valence-corrected chi connectivity index (χ1v) is 3.63. The molecule has 0 radical (unpaired) electrons. The Labute approximate surface area is 60.6 Å². The van der Waals surface area contributed by atoms with Gasteiger partial charge in [-0.1, -0.05) is 0 Å². The predicted octanol–water partition coefficient (Wildman–Crippen LogP) is 0.505. The van der Waals surface area contributed by atoms with Crippen LogP contribution in [0.1, 0.15) is 19.3 Å². The van der Waals surface area contributed by atoms with Crippen molar-refractivity contribution < 1.29 is 10.2 Å². The number of hydrogen-bond donors (Lipinski definition) is 3. The van der Waals surface area contributed by atoms with Crippen molar-refractivity contribution in [1.29, 1.82) is 0 Å². The summed E-state index contributed by atoms with van der Waals surface area (Å²) in [5.74, 6) is 1.92. The maximum absolute atomic E-state index is 8.75. The Morgan fingerprint density at radius 3 is 1.80 bits per heavy atom. The molecule has 0 spiro atoms. The van der Waals surface area contributed by atoms with Gasteiger partial charge in [-0.25, -0.2) is 0 Å². The maximum Gasteiger partial charge on any atom is 0.154 e. The zero-order valence-electron chi connectivity index (χ0n) is 6.03. The van der Waals surface area contributed by atoms with E-state index in [1.165, 1.54) is 6.42 Å². The molecule has 2 aliphatic carbocycles. The molecule has 0 aromatic heterocycles. The van der Waals surface area contributed by atoms with Crippen molar-refractivity contribution in [3.05, 3.63) is 0 Å². The van der Waals surface area contributed by atoms with Gasteiger partial charge in [0.15, 0.2) is 6.29 Å². The lowest BCUT2D eigenvalue weighted by atomic mass is 10.0. The fourth-order valence-corrected chi connectivity index (χ4v) is 2.01. The lowest BCUT2D eigenvalue weighted by molar-refractivity contribution is -0.0845. The van der Waals surface area contributed by atoms with Gasteiger partial charge in [0, 0.05) is 5.92 Å². The van der Waals surface area contributed by atoms with Gasteiger partial charge in [-0.3, -0.25) is 0 Å². The summed E-state index contributed by atoms with van der Waals surface area (Å²) in [6, 6.07) is 0. The van der Waals surface area contributed by atoms with Crippen molar-refractivity contribution in [1.82, 2.24) is 6.15 Å². The zero-order chi connectivity index (χ0) is 6.43. The molecule has 2 fully saturated rings. The molecule has 2 aliphatic rings. The number of hydrogen-bond acceptors (Lipinski definition) is 3. The minimum atomic E-state index is -1.04. The first-order valence-electron chi connectivity index (χ1n) is 3.63. The minimum absolute atomic E-state index is 0. The molecule has 10 heavy (non-hydrogen) atoms. The Balaban J connectivity index is 0.000000500. The van der Waals surface area contributed by atoms with Gasteiger partial charge in [-0.15, -0.1) is 0 Å². The number of aliphatic hydroxyl groups excluding tert-OH is 1. The van der Waals surface area contributed by atoms with Crippen LogP contribution in [0, 0.1) is 17.8 Å². The summed E-state index contributed by atoms with van der Waals surface area (Å²) in [5.41, 5.74) is 0. The van der Waals surface area contributed by atoms with Crippen LogP contribution >= 0.6 is 0 Å². The molecule has 0 aliphatic heterocycles. The molecular weight excluding hydrogens is 130 g/mol. The van der Waals surface area contributed by atoms with Gasteiger partial charge < -0.3 is 16.4 Å². The first kappa shape index (κ1) is 7.98.